The van der Waals surface area contributed by atoms with Gasteiger partial charge in [0.05, 0.1) is 13.7 Å². The minimum atomic E-state index is -0.490. The van der Waals surface area contributed by atoms with Crippen molar-refractivity contribution in [2.75, 3.05) is 13.7 Å². The van der Waals surface area contributed by atoms with Gasteiger partial charge in [0.25, 0.3) is 5.91 Å². The van der Waals surface area contributed by atoms with E-state index in [0.717, 1.165) is 6.42 Å². The zero-order valence-electron chi connectivity index (χ0n) is 18.0. The van der Waals surface area contributed by atoms with E-state index in [1.807, 2.05) is 0 Å². The Morgan fingerprint density at radius 2 is 2.06 bits per heavy atom. The molecule has 170 valence electrons. The van der Waals surface area contributed by atoms with Crippen molar-refractivity contribution in [2.24, 2.45) is 5.92 Å². The van der Waals surface area contributed by atoms with E-state index in [-0.39, 0.29) is 24.6 Å². The molecule has 12 nitrogen and oxygen atoms in total. The first-order chi connectivity index (χ1) is 15.5. The molecule has 0 atom stereocenters. The Balaban J connectivity index is 1.46. The van der Waals surface area contributed by atoms with E-state index in [4.69, 9.17) is 14.0 Å². The van der Waals surface area contributed by atoms with Crippen molar-refractivity contribution in [1.82, 2.24) is 36.2 Å². The Kier molecular flexibility index (Phi) is 7.73. The molecule has 2 heterocycles. The number of hydrazine groups is 1. The highest BCUT2D eigenvalue weighted by atomic mass is 16.5. The number of ether oxygens (including phenoxy) is 2. The van der Waals surface area contributed by atoms with E-state index < -0.39 is 11.8 Å². The maximum absolute atomic E-state index is 12.4. The number of nitrogens with zero attached hydrogens (tertiary/aromatic N) is 4. The molecular formula is C20H25N7O5. The predicted octanol–water partition coefficient (Wildman–Crippen LogP) is 1.68. The summed E-state index contributed by atoms with van der Waals surface area (Å²) < 4.78 is 16.1. The molecule has 32 heavy (non-hydrogen) atoms. The van der Waals surface area contributed by atoms with Crippen LogP contribution in [0.15, 0.2) is 29.0 Å². The van der Waals surface area contributed by atoms with Crippen molar-refractivity contribution >= 4 is 11.8 Å². The Hall–Kier alpha value is -3.96. The quantitative estimate of drug-likeness (QED) is 0.396. The monoisotopic (exact) mass is 443 g/mol. The van der Waals surface area contributed by atoms with Gasteiger partial charge in [-0.15, -0.1) is 0 Å². The number of nitrogens with one attached hydrogen (secondary N) is 3. The van der Waals surface area contributed by atoms with Crippen LogP contribution in [0.25, 0.3) is 11.6 Å². The highest BCUT2D eigenvalue weighted by Crippen LogP contribution is 2.28. The standard InChI is InChI=1S/C20H25N7O5/c1-12(2)8-9-31-14-5-4-13(10-15(14)30-3)20(29)26-24-16(28)6-7-17-23-19(27-32-17)18-21-11-22-25-18/h4-5,10-12H,6-9H2,1-3H3,(H,24,28)(H,26,29)(H,21,22,25). The SMILES string of the molecule is COc1cc(C(=O)NNC(=O)CCc2nc(-c3ncn[nH]3)no2)ccc1OCCC(C)C. The lowest BCUT2D eigenvalue weighted by Gasteiger charge is -2.13. The molecule has 0 aliphatic rings. The van der Waals surface area contributed by atoms with Crippen LogP contribution in [0, 0.1) is 5.92 Å². The van der Waals surface area contributed by atoms with Gasteiger partial charge in [0, 0.05) is 18.4 Å². The summed E-state index contributed by atoms with van der Waals surface area (Å²) in [5, 5.41) is 10.1. The molecule has 3 N–H and O–H groups in total. The van der Waals surface area contributed by atoms with Gasteiger partial charge in [-0.05, 0) is 30.5 Å². The van der Waals surface area contributed by atoms with Gasteiger partial charge in [0.1, 0.15) is 6.33 Å². The third-order valence-corrected chi connectivity index (χ3v) is 4.35. The summed E-state index contributed by atoms with van der Waals surface area (Å²) in [5.74, 6) is 1.47. The van der Waals surface area contributed by atoms with Gasteiger partial charge in [-0.1, -0.05) is 19.0 Å². The molecule has 3 aromatic rings. The predicted molar refractivity (Wildman–Crippen MR) is 112 cm³/mol. The van der Waals surface area contributed by atoms with E-state index in [0.29, 0.717) is 35.4 Å². The number of carbonyl (C=O) groups is 2. The van der Waals surface area contributed by atoms with Gasteiger partial charge in [-0.2, -0.15) is 10.1 Å². The lowest BCUT2D eigenvalue weighted by Crippen LogP contribution is -2.41. The van der Waals surface area contributed by atoms with E-state index >= 15 is 0 Å². The first-order valence-electron chi connectivity index (χ1n) is 10.0. The minimum Gasteiger partial charge on any atom is -0.493 e. The maximum Gasteiger partial charge on any atom is 0.269 e. The normalized spacial score (nSPS) is 10.8. The fraction of sp³-hybridized carbons (Fsp3) is 0.400. The fourth-order valence-electron chi connectivity index (χ4n) is 2.58. The Morgan fingerprint density at radius 1 is 1.22 bits per heavy atom. The number of aromatic amines is 1. The molecule has 12 heteroatoms. The van der Waals surface area contributed by atoms with Crippen LogP contribution in [0.4, 0.5) is 0 Å². The summed E-state index contributed by atoms with van der Waals surface area (Å²) in [6.45, 7) is 4.77. The summed E-state index contributed by atoms with van der Waals surface area (Å²) in [5.41, 5.74) is 5.03. The third kappa shape index (κ3) is 6.27. The summed E-state index contributed by atoms with van der Waals surface area (Å²) in [6, 6.07) is 4.81. The molecule has 0 bridgehead atoms. The molecular weight excluding hydrogens is 418 g/mol. The number of aromatic nitrogens is 5. The molecule has 2 amide bonds. The van der Waals surface area contributed by atoms with Crippen LogP contribution in [-0.4, -0.2) is 50.9 Å². The Morgan fingerprint density at radius 3 is 2.78 bits per heavy atom. The smallest absolute Gasteiger partial charge is 0.269 e. The van der Waals surface area contributed by atoms with Gasteiger partial charge in [-0.25, -0.2) is 4.98 Å². The molecule has 2 aromatic heterocycles. The number of benzene rings is 1. The van der Waals surface area contributed by atoms with Crippen molar-refractivity contribution in [3.63, 3.8) is 0 Å². The van der Waals surface area contributed by atoms with Crippen molar-refractivity contribution in [3.8, 4) is 23.1 Å². The van der Waals surface area contributed by atoms with Crippen LogP contribution in [0.3, 0.4) is 0 Å². The van der Waals surface area contributed by atoms with E-state index in [2.05, 4.69) is 50.0 Å². The number of rotatable bonds is 10. The molecule has 3 rings (SSSR count). The molecule has 0 saturated carbocycles. The zero-order valence-corrected chi connectivity index (χ0v) is 18.0. The second kappa shape index (κ2) is 10.9. The Bertz CT molecular complexity index is 1030. The van der Waals surface area contributed by atoms with E-state index in [9.17, 15) is 9.59 Å². The van der Waals surface area contributed by atoms with Gasteiger partial charge in [0.15, 0.2) is 17.3 Å². The highest BCUT2D eigenvalue weighted by molar-refractivity contribution is 5.96. The van der Waals surface area contributed by atoms with Crippen LogP contribution in [-0.2, 0) is 11.2 Å². The molecule has 0 saturated heterocycles. The number of carbonyl (C=O) groups excluding carboxylic acids is 2. The van der Waals surface area contributed by atoms with Crippen LogP contribution < -0.4 is 20.3 Å². The van der Waals surface area contributed by atoms with Crippen LogP contribution in [0.1, 0.15) is 42.9 Å². The summed E-state index contributed by atoms with van der Waals surface area (Å²) in [7, 11) is 1.50. The van der Waals surface area contributed by atoms with E-state index in [1.54, 1.807) is 18.2 Å². The molecule has 0 unspecified atom stereocenters. The van der Waals surface area contributed by atoms with Crippen LogP contribution in [0.5, 0.6) is 11.5 Å². The fourth-order valence-corrected chi connectivity index (χ4v) is 2.58. The lowest BCUT2D eigenvalue weighted by molar-refractivity contribution is -0.121. The summed E-state index contributed by atoms with van der Waals surface area (Å²) >= 11 is 0. The van der Waals surface area contributed by atoms with Gasteiger partial charge >= 0.3 is 0 Å². The number of hydrogen-bond acceptors (Lipinski definition) is 9. The van der Waals surface area contributed by atoms with Gasteiger partial charge in [-0.3, -0.25) is 25.5 Å². The van der Waals surface area contributed by atoms with Crippen LogP contribution in [0.2, 0.25) is 0 Å². The molecule has 0 radical (unpaired) electrons. The number of hydrogen-bond donors (Lipinski definition) is 3. The van der Waals surface area contributed by atoms with Crippen LogP contribution >= 0.6 is 0 Å². The number of amides is 2. The maximum atomic E-state index is 12.4. The lowest BCUT2D eigenvalue weighted by atomic mass is 10.1. The Labute approximate surface area is 184 Å². The number of H-pyrrole nitrogens is 1. The van der Waals surface area contributed by atoms with E-state index in [1.165, 1.54) is 13.4 Å². The minimum absolute atomic E-state index is 0.0320. The first kappa shape index (κ1) is 22.7. The largest absolute Gasteiger partial charge is 0.493 e. The van der Waals surface area contributed by atoms with Gasteiger partial charge in [0.2, 0.25) is 17.6 Å². The third-order valence-electron chi connectivity index (χ3n) is 4.35. The highest BCUT2D eigenvalue weighted by Gasteiger charge is 2.14. The summed E-state index contributed by atoms with van der Waals surface area (Å²) in [4.78, 5) is 32.4. The van der Waals surface area contributed by atoms with Crippen molar-refractivity contribution in [2.45, 2.75) is 33.1 Å². The average molecular weight is 443 g/mol. The molecule has 1 aromatic carbocycles. The van der Waals surface area contributed by atoms with Crippen molar-refractivity contribution < 1.29 is 23.6 Å². The molecule has 0 aliphatic carbocycles. The average Bonchev–Trinajstić information content (AvgIpc) is 3.47. The molecule has 0 spiro atoms. The number of aryl methyl sites for hydroxylation is 1. The second-order valence-corrected chi connectivity index (χ2v) is 7.24. The van der Waals surface area contributed by atoms with Crippen molar-refractivity contribution in [1.29, 1.82) is 0 Å². The molecule has 0 fully saturated rings. The first-order valence-corrected chi connectivity index (χ1v) is 10.0. The topological polar surface area (TPSA) is 157 Å². The van der Waals surface area contributed by atoms with Crippen molar-refractivity contribution in [3.05, 3.63) is 36.0 Å². The second-order valence-electron chi connectivity index (χ2n) is 7.24. The van der Waals surface area contributed by atoms with Gasteiger partial charge < -0.3 is 14.0 Å². The zero-order chi connectivity index (χ0) is 22.9. The summed E-state index contributed by atoms with van der Waals surface area (Å²) in [6.07, 6.45) is 2.45. The molecule has 0 aliphatic heterocycles. The number of methoxy groups -OCH3 is 1.